The Labute approximate surface area is 160 Å². The predicted molar refractivity (Wildman–Crippen MR) is 107 cm³/mol. The van der Waals surface area contributed by atoms with E-state index in [2.05, 4.69) is 30.4 Å². The Bertz CT molecular complexity index is 1010. The number of nitrogen functional groups attached to an aromatic ring is 2. The molecule has 0 atom stereocenters. The molecule has 138 valence electrons. The Hall–Kier alpha value is -3.31. The van der Waals surface area contributed by atoms with Gasteiger partial charge in [0.05, 0.1) is 5.69 Å². The number of nitrogens with zero attached hydrogens (tertiary/aromatic N) is 2. The van der Waals surface area contributed by atoms with E-state index in [1.807, 2.05) is 0 Å². The second-order valence-corrected chi connectivity index (χ2v) is 7.48. The van der Waals surface area contributed by atoms with Crippen LogP contribution in [-0.2, 0) is 0 Å². The highest BCUT2D eigenvalue weighted by Gasteiger charge is 2.25. The normalized spacial score (nSPS) is 10.7. The van der Waals surface area contributed by atoms with Gasteiger partial charge in [0.25, 0.3) is 0 Å². The Morgan fingerprint density at radius 2 is 2.04 bits per heavy atom. The topological polar surface area (TPSA) is 131 Å². The molecule has 0 aliphatic heterocycles. The maximum absolute atomic E-state index is 12.8. The second kappa shape index (κ2) is 7.51. The summed E-state index contributed by atoms with van der Waals surface area (Å²) in [5.74, 6) is 0.0474. The van der Waals surface area contributed by atoms with Crippen LogP contribution in [0, 0.1) is 17.2 Å². The zero-order valence-electron chi connectivity index (χ0n) is 14.9. The second-order valence-electron chi connectivity index (χ2n) is 6.46. The number of carbonyl (C=O) groups excluding carboxylic acids is 1. The molecule has 2 aromatic heterocycles. The van der Waals surface area contributed by atoms with Gasteiger partial charge in [0.15, 0.2) is 0 Å². The number of carbonyl (C=O) groups is 1. The van der Waals surface area contributed by atoms with Crippen LogP contribution in [0.1, 0.15) is 34.8 Å². The number of ketones is 1. The van der Waals surface area contributed by atoms with E-state index in [1.54, 1.807) is 30.3 Å². The largest absolute Gasteiger partial charge is 0.399 e. The van der Waals surface area contributed by atoms with E-state index in [0.717, 1.165) is 16.9 Å². The van der Waals surface area contributed by atoms with Crippen molar-refractivity contribution in [2.45, 2.75) is 13.8 Å². The monoisotopic (exact) mass is 381 g/mol. The van der Waals surface area contributed by atoms with Crippen LogP contribution >= 0.6 is 11.3 Å². The van der Waals surface area contributed by atoms with Crippen molar-refractivity contribution in [2.24, 2.45) is 5.92 Å². The third-order valence-corrected chi connectivity index (χ3v) is 5.04. The standard InChI is InChI=1S/C19H19N5O2S/c1-10(2)9-23-19-13(8-20)16(22)18(27-19)17(25)15-7-14(24-26-15)11-3-5-12(21)6-4-11/h3-7,10,23H,9,21-22H2,1-2H3. The Balaban J connectivity index is 1.90. The van der Waals surface area contributed by atoms with E-state index < -0.39 is 5.78 Å². The fourth-order valence-corrected chi connectivity index (χ4v) is 3.45. The molecule has 0 aliphatic rings. The van der Waals surface area contributed by atoms with Crippen molar-refractivity contribution in [1.82, 2.24) is 5.16 Å². The first-order chi connectivity index (χ1) is 12.9. The maximum atomic E-state index is 12.8. The van der Waals surface area contributed by atoms with Crippen molar-refractivity contribution in [1.29, 1.82) is 5.26 Å². The van der Waals surface area contributed by atoms with Crippen molar-refractivity contribution >= 4 is 33.5 Å². The lowest BCUT2D eigenvalue weighted by Gasteiger charge is -2.06. The molecule has 8 heteroatoms. The number of aromatic nitrogens is 1. The number of nitrogens with one attached hydrogen (secondary N) is 1. The van der Waals surface area contributed by atoms with Crippen LogP contribution in [0.4, 0.5) is 16.4 Å². The number of nitriles is 1. The maximum Gasteiger partial charge on any atom is 0.243 e. The van der Waals surface area contributed by atoms with Gasteiger partial charge in [-0.25, -0.2) is 0 Å². The average molecular weight is 381 g/mol. The molecule has 0 spiro atoms. The van der Waals surface area contributed by atoms with Crippen molar-refractivity contribution in [3.8, 4) is 17.3 Å². The van der Waals surface area contributed by atoms with Crippen LogP contribution < -0.4 is 16.8 Å². The predicted octanol–water partition coefficient (Wildman–Crippen LogP) is 3.74. The molecule has 5 N–H and O–H groups in total. The number of hydrogen-bond donors (Lipinski definition) is 3. The lowest BCUT2D eigenvalue weighted by atomic mass is 10.1. The van der Waals surface area contributed by atoms with E-state index in [1.165, 1.54) is 0 Å². The first-order valence-corrected chi connectivity index (χ1v) is 9.16. The van der Waals surface area contributed by atoms with Gasteiger partial charge in [0.1, 0.15) is 27.2 Å². The van der Waals surface area contributed by atoms with Crippen LogP contribution in [0.3, 0.4) is 0 Å². The van der Waals surface area contributed by atoms with Crippen LogP contribution in [0.25, 0.3) is 11.3 Å². The summed E-state index contributed by atoms with van der Waals surface area (Å²) in [6.45, 7) is 4.77. The molecule has 0 saturated heterocycles. The SMILES string of the molecule is CC(C)CNc1sc(C(=O)c2cc(-c3ccc(N)cc3)no2)c(N)c1C#N. The molecule has 0 amide bonds. The van der Waals surface area contributed by atoms with Gasteiger partial charge in [-0.05, 0) is 18.1 Å². The van der Waals surface area contributed by atoms with Crippen LogP contribution in [0.5, 0.6) is 0 Å². The quantitative estimate of drug-likeness (QED) is 0.438. The Kier molecular flexibility index (Phi) is 5.14. The van der Waals surface area contributed by atoms with Gasteiger partial charge in [0.2, 0.25) is 11.5 Å². The van der Waals surface area contributed by atoms with Crippen molar-refractivity contribution < 1.29 is 9.32 Å². The van der Waals surface area contributed by atoms with Crippen molar-refractivity contribution in [3.05, 3.63) is 46.5 Å². The molecule has 0 unspecified atom stereocenters. The molecule has 27 heavy (non-hydrogen) atoms. The summed E-state index contributed by atoms with van der Waals surface area (Å²) < 4.78 is 5.22. The first kappa shape index (κ1) is 18.5. The molecule has 0 saturated carbocycles. The summed E-state index contributed by atoms with van der Waals surface area (Å²) in [6.07, 6.45) is 0. The minimum Gasteiger partial charge on any atom is -0.399 e. The van der Waals surface area contributed by atoms with E-state index in [9.17, 15) is 10.1 Å². The molecule has 3 aromatic rings. The van der Waals surface area contributed by atoms with Crippen molar-refractivity contribution in [2.75, 3.05) is 23.3 Å². The van der Waals surface area contributed by atoms with Gasteiger partial charge < -0.3 is 21.3 Å². The average Bonchev–Trinajstić information content (AvgIpc) is 3.25. The van der Waals surface area contributed by atoms with Gasteiger partial charge in [-0.2, -0.15) is 5.26 Å². The van der Waals surface area contributed by atoms with Crippen LogP contribution in [0.15, 0.2) is 34.9 Å². The molecule has 2 heterocycles. The van der Waals surface area contributed by atoms with E-state index in [0.29, 0.717) is 28.8 Å². The van der Waals surface area contributed by atoms with E-state index in [-0.39, 0.29) is 21.9 Å². The Morgan fingerprint density at radius 3 is 2.67 bits per heavy atom. The molecule has 7 nitrogen and oxygen atoms in total. The molecule has 3 rings (SSSR count). The highest BCUT2D eigenvalue weighted by molar-refractivity contribution is 7.19. The number of benzene rings is 1. The van der Waals surface area contributed by atoms with Gasteiger partial charge in [-0.15, -0.1) is 11.3 Å². The summed E-state index contributed by atoms with van der Waals surface area (Å²) >= 11 is 1.15. The summed E-state index contributed by atoms with van der Waals surface area (Å²) in [4.78, 5) is 13.1. The third-order valence-electron chi connectivity index (χ3n) is 3.87. The highest BCUT2D eigenvalue weighted by atomic mass is 32.1. The molecular weight excluding hydrogens is 362 g/mol. The molecule has 0 aliphatic carbocycles. The van der Waals surface area contributed by atoms with Crippen LogP contribution in [0.2, 0.25) is 0 Å². The number of anilines is 3. The first-order valence-electron chi connectivity index (χ1n) is 8.34. The van der Waals surface area contributed by atoms with Gasteiger partial charge in [-0.3, -0.25) is 4.79 Å². The third kappa shape index (κ3) is 3.78. The lowest BCUT2D eigenvalue weighted by molar-refractivity contribution is 0.100. The van der Waals surface area contributed by atoms with Crippen LogP contribution in [-0.4, -0.2) is 17.5 Å². The molecule has 0 bridgehead atoms. The zero-order valence-corrected chi connectivity index (χ0v) is 15.8. The molecular formula is C19H19N5O2S. The minimum atomic E-state index is -0.402. The van der Waals surface area contributed by atoms with Crippen molar-refractivity contribution in [3.63, 3.8) is 0 Å². The van der Waals surface area contributed by atoms with E-state index >= 15 is 0 Å². The fraction of sp³-hybridized carbons (Fsp3) is 0.211. The summed E-state index contributed by atoms with van der Waals surface area (Å²) in [6, 6.07) is 10.7. The molecule has 0 radical (unpaired) electrons. The number of nitrogens with two attached hydrogens (primary N) is 2. The lowest BCUT2D eigenvalue weighted by Crippen LogP contribution is -2.07. The number of hydrogen-bond acceptors (Lipinski definition) is 8. The number of rotatable bonds is 6. The summed E-state index contributed by atoms with van der Waals surface area (Å²) in [5, 5.41) is 17.1. The minimum absolute atomic E-state index is 0.0645. The zero-order chi connectivity index (χ0) is 19.6. The fourth-order valence-electron chi connectivity index (χ4n) is 2.43. The summed E-state index contributed by atoms with van der Waals surface area (Å²) in [5.41, 5.74) is 14.1. The van der Waals surface area contributed by atoms with Gasteiger partial charge in [-0.1, -0.05) is 31.1 Å². The highest BCUT2D eigenvalue weighted by Crippen LogP contribution is 2.37. The van der Waals surface area contributed by atoms with Gasteiger partial charge >= 0.3 is 0 Å². The van der Waals surface area contributed by atoms with E-state index in [4.69, 9.17) is 16.0 Å². The summed E-state index contributed by atoms with van der Waals surface area (Å²) in [7, 11) is 0. The number of thiophene rings is 1. The molecule has 0 fully saturated rings. The smallest absolute Gasteiger partial charge is 0.243 e. The van der Waals surface area contributed by atoms with Gasteiger partial charge in [0, 0.05) is 23.9 Å². The Morgan fingerprint density at radius 1 is 1.33 bits per heavy atom. The molecule has 1 aromatic carbocycles.